The molecule has 0 amide bonds. The second-order valence-corrected chi connectivity index (χ2v) is 5.17. The molecule has 0 radical (unpaired) electrons. The first kappa shape index (κ1) is 13.1. The third-order valence-electron chi connectivity index (χ3n) is 3.38. The minimum absolute atomic E-state index is 0.505. The van der Waals surface area contributed by atoms with Crippen LogP contribution in [0, 0.1) is 0 Å². The summed E-state index contributed by atoms with van der Waals surface area (Å²) in [7, 11) is 0. The average molecular weight is 284 g/mol. The smallest absolute Gasteiger partial charge is 0.0831 e. The molecule has 0 spiro atoms. The Morgan fingerprint density at radius 2 is 1.90 bits per heavy atom. The van der Waals surface area contributed by atoms with Crippen LogP contribution in [-0.4, -0.2) is 10.1 Å². The van der Waals surface area contributed by atoms with Crippen LogP contribution in [-0.2, 0) is 6.42 Å². The number of fused-ring (bicyclic) bond motifs is 1. The van der Waals surface area contributed by atoms with Crippen LogP contribution in [0.1, 0.15) is 17.2 Å². The van der Waals surface area contributed by atoms with Crippen LogP contribution in [0.5, 0.6) is 0 Å². The Labute approximate surface area is 122 Å². The predicted octanol–water partition coefficient (Wildman–Crippen LogP) is 4.16. The van der Waals surface area contributed by atoms with E-state index in [0.29, 0.717) is 11.4 Å². The second-order valence-electron chi connectivity index (χ2n) is 4.77. The van der Waals surface area contributed by atoms with E-state index in [-0.39, 0.29) is 0 Å². The van der Waals surface area contributed by atoms with Gasteiger partial charge in [0.1, 0.15) is 0 Å². The first-order valence-electron chi connectivity index (χ1n) is 6.50. The van der Waals surface area contributed by atoms with E-state index in [1.54, 1.807) is 6.20 Å². The van der Waals surface area contributed by atoms with Crippen LogP contribution in [0.25, 0.3) is 10.9 Å². The van der Waals surface area contributed by atoms with E-state index in [1.165, 1.54) is 0 Å². The minimum Gasteiger partial charge on any atom is -0.388 e. The lowest BCUT2D eigenvalue weighted by Gasteiger charge is -2.13. The monoisotopic (exact) mass is 283 g/mol. The van der Waals surface area contributed by atoms with E-state index in [9.17, 15) is 5.11 Å². The number of benzene rings is 2. The fourth-order valence-electron chi connectivity index (χ4n) is 2.29. The Morgan fingerprint density at radius 3 is 2.75 bits per heavy atom. The molecule has 3 aromatic rings. The zero-order valence-corrected chi connectivity index (χ0v) is 11.6. The number of hydrogen-bond donors (Lipinski definition) is 1. The number of aliphatic hydroxyl groups excluding tert-OH is 1. The SMILES string of the molecule is OC(Cc1ccccc1Cl)c1ccc2ncccc2c1. The molecular formula is C17H14ClNO. The summed E-state index contributed by atoms with van der Waals surface area (Å²) in [6, 6.07) is 17.3. The Bertz CT molecular complexity index is 742. The highest BCUT2D eigenvalue weighted by atomic mass is 35.5. The van der Waals surface area contributed by atoms with Crippen LogP contribution >= 0.6 is 11.6 Å². The number of aliphatic hydroxyl groups is 1. The van der Waals surface area contributed by atoms with Crippen molar-refractivity contribution < 1.29 is 5.11 Å². The summed E-state index contributed by atoms with van der Waals surface area (Å²) in [5.41, 5.74) is 2.76. The molecular weight excluding hydrogens is 270 g/mol. The normalized spacial score (nSPS) is 12.5. The van der Waals surface area contributed by atoms with E-state index in [0.717, 1.165) is 22.0 Å². The minimum atomic E-state index is -0.570. The summed E-state index contributed by atoms with van der Waals surface area (Å²) in [4.78, 5) is 4.28. The summed E-state index contributed by atoms with van der Waals surface area (Å²) in [6.07, 6.45) is 1.70. The standard InChI is InChI=1S/C17H14ClNO/c18-15-6-2-1-4-12(15)11-17(20)14-7-8-16-13(10-14)5-3-9-19-16/h1-10,17,20H,11H2. The highest BCUT2D eigenvalue weighted by Crippen LogP contribution is 2.25. The lowest BCUT2D eigenvalue weighted by molar-refractivity contribution is 0.178. The molecule has 1 heterocycles. The van der Waals surface area contributed by atoms with Crippen LogP contribution in [0.15, 0.2) is 60.8 Å². The molecule has 0 aliphatic heterocycles. The topological polar surface area (TPSA) is 33.1 Å². The van der Waals surface area contributed by atoms with Crippen molar-refractivity contribution >= 4 is 22.5 Å². The summed E-state index contributed by atoms with van der Waals surface area (Å²) < 4.78 is 0. The Balaban J connectivity index is 1.89. The Kier molecular flexibility index (Phi) is 3.68. The molecule has 20 heavy (non-hydrogen) atoms. The maximum atomic E-state index is 10.4. The van der Waals surface area contributed by atoms with Gasteiger partial charge < -0.3 is 5.11 Å². The molecule has 2 nitrogen and oxygen atoms in total. The van der Waals surface area contributed by atoms with Crippen LogP contribution in [0.3, 0.4) is 0 Å². The molecule has 0 aliphatic carbocycles. The van der Waals surface area contributed by atoms with Gasteiger partial charge in [-0.25, -0.2) is 0 Å². The number of rotatable bonds is 3. The van der Waals surface area contributed by atoms with Gasteiger partial charge in [0.2, 0.25) is 0 Å². The van der Waals surface area contributed by atoms with Gasteiger partial charge in [0, 0.05) is 23.0 Å². The fraction of sp³-hybridized carbons (Fsp3) is 0.118. The first-order valence-corrected chi connectivity index (χ1v) is 6.88. The molecule has 1 aromatic heterocycles. The number of hydrogen-bond acceptors (Lipinski definition) is 2. The number of pyridine rings is 1. The quantitative estimate of drug-likeness (QED) is 0.783. The van der Waals surface area contributed by atoms with E-state index in [2.05, 4.69) is 4.98 Å². The third kappa shape index (κ3) is 2.67. The number of halogens is 1. The Morgan fingerprint density at radius 1 is 1.05 bits per heavy atom. The maximum Gasteiger partial charge on any atom is 0.0831 e. The van der Waals surface area contributed by atoms with Crippen molar-refractivity contribution in [1.29, 1.82) is 0 Å². The molecule has 3 heteroatoms. The lowest BCUT2D eigenvalue weighted by Crippen LogP contribution is -2.02. The first-order chi connectivity index (χ1) is 9.74. The molecule has 0 aliphatic rings. The maximum absolute atomic E-state index is 10.4. The van der Waals surface area contributed by atoms with Gasteiger partial charge in [-0.15, -0.1) is 0 Å². The molecule has 0 saturated carbocycles. The van der Waals surface area contributed by atoms with Crippen molar-refractivity contribution in [2.45, 2.75) is 12.5 Å². The van der Waals surface area contributed by atoms with Crippen molar-refractivity contribution in [2.24, 2.45) is 0 Å². The Hall–Kier alpha value is -1.90. The summed E-state index contributed by atoms with van der Waals surface area (Å²) in [6.45, 7) is 0. The van der Waals surface area contributed by atoms with Gasteiger partial charge in [0.05, 0.1) is 11.6 Å². The van der Waals surface area contributed by atoms with Crippen molar-refractivity contribution in [2.75, 3.05) is 0 Å². The zero-order chi connectivity index (χ0) is 13.9. The molecule has 3 rings (SSSR count). The van der Waals surface area contributed by atoms with E-state index in [4.69, 9.17) is 11.6 Å². The molecule has 100 valence electrons. The summed E-state index contributed by atoms with van der Waals surface area (Å²) in [5, 5.41) is 12.1. The van der Waals surface area contributed by atoms with Gasteiger partial charge in [-0.2, -0.15) is 0 Å². The largest absolute Gasteiger partial charge is 0.388 e. The van der Waals surface area contributed by atoms with Gasteiger partial charge in [-0.1, -0.05) is 41.9 Å². The van der Waals surface area contributed by atoms with E-state index in [1.807, 2.05) is 54.6 Å². The van der Waals surface area contributed by atoms with Crippen LogP contribution in [0.2, 0.25) is 5.02 Å². The van der Waals surface area contributed by atoms with Crippen LogP contribution in [0.4, 0.5) is 0 Å². The van der Waals surface area contributed by atoms with E-state index < -0.39 is 6.10 Å². The van der Waals surface area contributed by atoms with Crippen molar-refractivity contribution in [3.8, 4) is 0 Å². The van der Waals surface area contributed by atoms with E-state index >= 15 is 0 Å². The molecule has 0 fully saturated rings. The molecule has 1 atom stereocenters. The molecule has 0 bridgehead atoms. The van der Waals surface area contributed by atoms with Crippen LogP contribution < -0.4 is 0 Å². The number of nitrogens with zero attached hydrogens (tertiary/aromatic N) is 1. The average Bonchev–Trinajstić information content (AvgIpc) is 2.49. The van der Waals surface area contributed by atoms with Gasteiger partial charge in [-0.3, -0.25) is 4.98 Å². The zero-order valence-electron chi connectivity index (χ0n) is 10.8. The fourth-order valence-corrected chi connectivity index (χ4v) is 2.50. The highest BCUT2D eigenvalue weighted by Gasteiger charge is 2.11. The van der Waals surface area contributed by atoms with Gasteiger partial charge in [0.15, 0.2) is 0 Å². The highest BCUT2D eigenvalue weighted by molar-refractivity contribution is 6.31. The molecule has 2 aromatic carbocycles. The third-order valence-corrected chi connectivity index (χ3v) is 3.75. The molecule has 1 unspecified atom stereocenters. The van der Waals surface area contributed by atoms with Gasteiger partial charge in [0.25, 0.3) is 0 Å². The van der Waals surface area contributed by atoms with Crippen molar-refractivity contribution in [3.63, 3.8) is 0 Å². The lowest BCUT2D eigenvalue weighted by atomic mass is 10.00. The van der Waals surface area contributed by atoms with Crippen molar-refractivity contribution in [3.05, 3.63) is 76.9 Å². The second kappa shape index (κ2) is 5.61. The predicted molar refractivity (Wildman–Crippen MR) is 81.9 cm³/mol. The number of aromatic nitrogens is 1. The van der Waals surface area contributed by atoms with Crippen molar-refractivity contribution in [1.82, 2.24) is 4.98 Å². The summed E-state index contributed by atoms with van der Waals surface area (Å²) in [5.74, 6) is 0. The van der Waals surface area contributed by atoms with Gasteiger partial charge >= 0.3 is 0 Å². The molecule has 0 saturated heterocycles. The van der Waals surface area contributed by atoms with Gasteiger partial charge in [-0.05, 0) is 35.4 Å². The summed E-state index contributed by atoms with van der Waals surface area (Å²) >= 11 is 6.13. The molecule has 1 N–H and O–H groups in total.